The molecule has 21 heavy (non-hydrogen) atoms. The average Bonchev–Trinajstić information content (AvgIpc) is 3.34. The van der Waals surface area contributed by atoms with Gasteiger partial charge in [0, 0.05) is 0 Å². The first-order valence-corrected chi connectivity index (χ1v) is 7.67. The highest BCUT2D eigenvalue weighted by molar-refractivity contribution is 5.94. The summed E-state index contributed by atoms with van der Waals surface area (Å²) < 4.78 is 6.02. The highest BCUT2D eigenvalue weighted by Gasteiger charge is 2.48. The molecular formula is C20H16O. The van der Waals surface area contributed by atoms with E-state index < -0.39 is 0 Å². The minimum Gasteiger partial charge on any atom is -0.359 e. The van der Waals surface area contributed by atoms with Crippen LogP contribution in [0.3, 0.4) is 0 Å². The third kappa shape index (κ3) is 1.44. The second-order valence-corrected chi connectivity index (χ2v) is 5.96. The van der Waals surface area contributed by atoms with Crippen LogP contribution in [-0.4, -0.2) is 0 Å². The summed E-state index contributed by atoms with van der Waals surface area (Å²) in [7, 11) is 0. The zero-order chi connectivity index (χ0) is 14.0. The molecule has 1 heterocycles. The minimum absolute atomic E-state index is 0.273. The number of aryl methyl sites for hydroxylation is 1. The molecule has 1 saturated heterocycles. The molecule has 5 rings (SSSR count). The Bertz CT molecular complexity index is 878. The first-order chi connectivity index (χ1) is 10.4. The molecule has 1 aliphatic heterocycles. The zero-order valence-corrected chi connectivity index (χ0v) is 12.0. The third-order valence-corrected chi connectivity index (χ3v) is 4.89. The average molecular weight is 272 g/mol. The Hall–Kier alpha value is -2.12. The van der Waals surface area contributed by atoms with Gasteiger partial charge < -0.3 is 4.74 Å². The van der Waals surface area contributed by atoms with Gasteiger partial charge in [0.2, 0.25) is 0 Å². The summed E-state index contributed by atoms with van der Waals surface area (Å²) in [5.41, 5.74) is 6.98. The van der Waals surface area contributed by atoms with Gasteiger partial charge in [-0.1, -0.05) is 55.5 Å². The van der Waals surface area contributed by atoms with Crippen LogP contribution in [0.5, 0.6) is 0 Å². The molecule has 2 atom stereocenters. The van der Waals surface area contributed by atoms with Crippen molar-refractivity contribution in [3.05, 3.63) is 71.3 Å². The summed E-state index contributed by atoms with van der Waals surface area (Å²) >= 11 is 0. The van der Waals surface area contributed by atoms with E-state index in [0.29, 0.717) is 0 Å². The van der Waals surface area contributed by atoms with Crippen molar-refractivity contribution in [2.24, 2.45) is 0 Å². The Morgan fingerprint density at radius 1 is 0.905 bits per heavy atom. The maximum Gasteiger partial charge on any atom is 0.115 e. The number of hydrogen-bond donors (Lipinski definition) is 0. The van der Waals surface area contributed by atoms with Crippen LogP contribution < -0.4 is 0 Å². The molecule has 2 aliphatic rings. The summed E-state index contributed by atoms with van der Waals surface area (Å²) in [5.74, 6) is 0. The first-order valence-electron chi connectivity index (χ1n) is 7.67. The Morgan fingerprint density at radius 2 is 1.71 bits per heavy atom. The van der Waals surface area contributed by atoms with E-state index in [2.05, 4.69) is 61.5 Å². The van der Waals surface area contributed by atoms with Crippen molar-refractivity contribution in [2.45, 2.75) is 25.6 Å². The zero-order valence-electron chi connectivity index (χ0n) is 12.0. The molecule has 0 amide bonds. The van der Waals surface area contributed by atoms with Gasteiger partial charge in [-0.2, -0.15) is 0 Å². The molecule has 1 heteroatoms. The number of epoxide rings is 1. The minimum atomic E-state index is 0.273. The maximum atomic E-state index is 6.02. The molecule has 1 nitrogen and oxygen atoms in total. The molecule has 3 aromatic rings. The lowest BCUT2D eigenvalue weighted by atomic mass is 9.80. The summed E-state index contributed by atoms with van der Waals surface area (Å²) in [6.07, 6.45) is 1.60. The fourth-order valence-electron chi connectivity index (χ4n) is 3.93. The van der Waals surface area contributed by atoms with E-state index in [1.165, 1.54) is 38.6 Å². The second-order valence-electron chi connectivity index (χ2n) is 5.96. The lowest BCUT2D eigenvalue weighted by Crippen LogP contribution is -2.03. The van der Waals surface area contributed by atoms with Crippen molar-refractivity contribution in [1.29, 1.82) is 0 Å². The fourth-order valence-corrected chi connectivity index (χ4v) is 3.93. The first kappa shape index (κ1) is 11.5. The molecule has 0 bridgehead atoms. The van der Waals surface area contributed by atoms with Gasteiger partial charge in [0.15, 0.2) is 0 Å². The summed E-state index contributed by atoms with van der Waals surface area (Å²) in [6.45, 7) is 2.25. The van der Waals surface area contributed by atoms with Crippen LogP contribution in [0, 0.1) is 0 Å². The Kier molecular flexibility index (Phi) is 2.17. The molecule has 102 valence electrons. The summed E-state index contributed by atoms with van der Waals surface area (Å²) in [5, 5.41) is 2.72. The van der Waals surface area contributed by atoms with Crippen LogP contribution in [-0.2, 0) is 11.2 Å². The standard InChI is InChI=1S/C20H16O/c1-2-13-14-8-4-3-7-12(14)11-17-15-9-5-6-10-16(15)19-20(21-19)18(13)17/h3-11,19-20H,2H2,1H3/t19-,20+/m1/s1. The van der Waals surface area contributed by atoms with Crippen LogP contribution in [0.4, 0.5) is 0 Å². The predicted octanol–water partition coefficient (Wildman–Crippen LogP) is 5.20. The maximum absolute atomic E-state index is 6.02. The largest absolute Gasteiger partial charge is 0.359 e. The molecular weight excluding hydrogens is 256 g/mol. The molecule has 0 spiro atoms. The quantitative estimate of drug-likeness (QED) is 0.555. The molecule has 1 aliphatic carbocycles. The number of ether oxygens (including phenoxy) is 1. The van der Waals surface area contributed by atoms with Crippen LogP contribution in [0.2, 0.25) is 0 Å². The Balaban J connectivity index is 1.94. The van der Waals surface area contributed by atoms with Crippen molar-refractivity contribution in [2.75, 3.05) is 0 Å². The lowest BCUT2D eigenvalue weighted by molar-refractivity contribution is 0.379. The lowest BCUT2D eigenvalue weighted by Gasteiger charge is -2.21. The molecule has 0 radical (unpaired) electrons. The van der Waals surface area contributed by atoms with Gasteiger partial charge in [-0.05, 0) is 51.1 Å². The van der Waals surface area contributed by atoms with E-state index >= 15 is 0 Å². The van der Waals surface area contributed by atoms with Crippen LogP contribution in [0.25, 0.3) is 21.9 Å². The van der Waals surface area contributed by atoms with Crippen molar-refractivity contribution in [3.63, 3.8) is 0 Å². The van der Waals surface area contributed by atoms with Gasteiger partial charge in [0.05, 0.1) is 0 Å². The number of hydrogen-bond acceptors (Lipinski definition) is 1. The van der Waals surface area contributed by atoms with E-state index in [4.69, 9.17) is 4.74 Å². The van der Waals surface area contributed by atoms with Crippen molar-refractivity contribution in [3.8, 4) is 11.1 Å². The topological polar surface area (TPSA) is 12.5 Å². The Labute approximate surface area is 124 Å². The molecule has 0 saturated carbocycles. The van der Waals surface area contributed by atoms with Crippen molar-refractivity contribution in [1.82, 2.24) is 0 Å². The summed E-state index contributed by atoms with van der Waals surface area (Å²) in [4.78, 5) is 0. The van der Waals surface area contributed by atoms with E-state index in [-0.39, 0.29) is 12.2 Å². The number of rotatable bonds is 1. The van der Waals surface area contributed by atoms with Gasteiger partial charge >= 0.3 is 0 Å². The van der Waals surface area contributed by atoms with Gasteiger partial charge in [-0.15, -0.1) is 0 Å². The highest BCUT2D eigenvalue weighted by atomic mass is 16.6. The van der Waals surface area contributed by atoms with E-state index in [0.717, 1.165) is 6.42 Å². The third-order valence-electron chi connectivity index (χ3n) is 4.89. The smallest absolute Gasteiger partial charge is 0.115 e. The van der Waals surface area contributed by atoms with Crippen LogP contribution in [0.15, 0.2) is 54.6 Å². The SMILES string of the molecule is CCc1c2c(cc3ccccc13)-c1ccccc1[C@H]1O[C@@H]21. The molecule has 1 fully saturated rings. The summed E-state index contributed by atoms with van der Waals surface area (Å²) in [6, 6.07) is 19.8. The predicted molar refractivity (Wildman–Crippen MR) is 85.3 cm³/mol. The normalized spacial score (nSPS) is 21.6. The van der Waals surface area contributed by atoms with E-state index in [9.17, 15) is 0 Å². The number of benzene rings is 3. The van der Waals surface area contributed by atoms with Crippen LogP contribution >= 0.6 is 0 Å². The monoisotopic (exact) mass is 272 g/mol. The van der Waals surface area contributed by atoms with E-state index in [1.54, 1.807) is 0 Å². The fraction of sp³-hybridized carbons (Fsp3) is 0.200. The Morgan fingerprint density at radius 3 is 2.62 bits per heavy atom. The van der Waals surface area contributed by atoms with E-state index in [1.807, 2.05) is 0 Å². The second kappa shape index (κ2) is 3.96. The van der Waals surface area contributed by atoms with Gasteiger partial charge in [0.25, 0.3) is 0 Å². The highest BCUT2D eigenvalue weighted by Crippen LogP contribution is 2.60. The molecule has 0 unspecified atom stereocenters. The van der Waals surface area contributed by atoms with Crippen molar-refractivity contribution >= 4 is 10.8 Å². The number of fused-ring (bicyclic) bond motifs is 7. The molecule has 0 aromatic heterocycles. The van der Waals surface area contributed by atoms with Gasteiger partial charge in [-0.25, -0.2) is 0 Å². The van der Waals surface area contributed by atoms with Gasteiger partial charge in [-0.3, -0.25) is 0 Å². The molecule has 0 N–H and O–H groups in total. The molecule has 3 aromatic carbocycles. The van der Waals surface area contributed by atoms with Gasteiger partial charge in [0.1, 0.15) is 12.2 Å². The van der Waals surface area contributed by atoms with Crippen molar-refractivity contribution < 1.29 is 4.74 Å². The van der Waals surface area contributed by atoms with Crippen LogP contribution in [0.1, 0.15) is 35.8 Å².